The Balaban J connectivity index is 2.10. The predicted molar refractivity (Wildman–Crippen MR) is 85.9 cm³/mol. The average molecular weight is 341 g/mol. The van der Waals surface area contributed by atoms with Crippen LogP contribution in [0.1, 0.15) is 39.5 Å². The number of likely N-dealkylation sites (tertiary alicyclic amines) is 2. The molecule has 2 rings (SSSR count). The van der Waals surface area contributed by atoms with Gasteiger partial charge in [0.05, 0.1) is 12.1 Å². The summed E-state index contributed by atoms with van der Waals surface area (Å²) in [4.78, 5) is 39.3. The highest BCUT2D eigenvalue weighted by Crippen LogP contribution is 2.26. The number of β-amino-alcohol motifs (C(OH)–C–C–N with tert-alkyl or cyclic N) is 1. The molecule has 24 heavy (non-hydrogen) atoms. The van der Waals surface area contributed by atoms with Gasteiger partial charge >= 0.3 is 5.97 Å². The molecule has 2 heterocycles. The Bertz CT molecular complexity index is 510. The molecule has 2 aliphatic rings. The number of hydrogen-bond donors (Lipinski definition) is 3. The highest BCUT2D eigenvalue weighted by molar-refractivity contribution is 5.92. The normalized spacial score (nSPS) is 28.5. The van der Waals surface area contributed by atoms with Crippen LogP contribution in [-0.4, -0.2) is 75.1 Å². The van der Waals surface area contributed by atoms with Crippen LogP contribution in [0.5, 0.6) is 0 Å². The van der Waals surface area contributed by atoms with Crippen molar-refractivity contribution in [3.63, 3.8) is 0 Å². The molecule has 2 aliphatic heterocycles. The van der Waals surface area contributed by atoms with Gasteiger partial charge in [-0.3, -0.25) is 9.59 Å². The third kappa shape index (κ3) is 3.87. The molecule has 0 aromatic rings. The van der Waals surface area contributed by atoms with Crippen LogP contribution >= 0.6 is 0 Å². The molecular weight excluding hydrogens is 314 g/mol. The number of amides is 2. The highest BCUT2D eigenvalue weighted by atomic mass is 16.4. The van der Waals surface area contributed by atoms with Gasteiger partial charge in [-0.1, -0.05) is 13.8 Å². The summed E-state index contributed by atoms with van der Waals surface area (Å²) in [6.07, 6.45) is 0.900. The van der Waals surface area contributed by atoms with Crippen molar-refractivity contribution >= 4 is 17.8 Å². The standard InChI is InChI=1S/C16H27N3O5/c1-9(2)6-11(17)14(21)18-5-3-4-12(18)15(22)19-8-10(20)7-13(19)16(23)24/h9-13,20H,3-8,17H2,1-2H3,(H,23,24)/t10-,11+,12+,13+/m1/s1. The van der Waals surface area contributed by atoms with Crippen LogP contribution in [0, 0.1) is 5.92 Å². The second kappa shape index (κ2) is 7.48. The van der Waals surface area contributed by atoms with Crippen LogP contribution in [0.4, 0.5) is 0 Å². The first-order valence-corrected chi connectivity index (χ1v) is 8.49. The summed E-state index contributed by atoms with van der Waals surface area (Å²) in [5.74, 6) is -1.52. The van der Waals surface area contributed by atoms with E-state index >= 15 is 0 Å². The molecule has 2 saturated heterocycles. The molecular formula is C16H27N3O5. The van der Waals surface area contributed by atoms with Crippen molar-refractivity contribution in [3.05, 3.63) is 0 Å². The third-order valence-corrected chi connectivity index (χ3v) is 4.71. The average Bonchev–Trinajstić information content (AvgIpc) is 3.11. The second-order valence-electron chi connectivity index (χ2n) is 7.16. The first-order valence-electron chi connectivity index (χ1n) is 8.49. The molecule has 0 spiro atoms. The van der Waals surface area contributed by atoms with E-state index in [4.69, 9.17) is 5.73 Å². The number of carboxylic acid groups (broad SMARTS) is 1. The van der Waals surface area contributed by atoms with E-state index in [1.165, 1.54) is 9.80 Å². The molecule has 0 aliphatic carbocycles. The van der Waals surface area contributed by atoms with Gasteiger partial charge in [0.2, 0.25) is 11.8 Å². The van der Waals surface area contributed by atoms with E-state index in [0.717, 1.165) is 0 Å². The molecule has 136 valence electrons. The highest BCUT2D eigenvalue weighted by Gasteiger charge is 2.45. The number of carbonyl (C=O) groups excluding carboxylic acids is 2. The van der Waals surface area contributed by atoms with Crippen LogP contribution in [0.3, 0.4) is 0 Å². The molecule has 2 amide bonds. The van der Waals surface area contributed by atoms with Gasteiger partial charge in [-0.2, -0.15) is 0 Å². The van der Waals surface area contributed by atoms with Gasteiger partial charge in [0, 0.05) is 19.5 Å². The van der Waals surface area contributed by atoms with Gasteiger partial charge < -0.3 is 25.7 Å². The monoisotopic (exact) mass is 341 g/mol. The van der Waals surface area contributed by atoms with Gasteiger partial charge in [0.25, 0.3) is 0 Å². The lowest BCUT2D eigenvalue weighted by Gasteiger charge is -2.31. The van der Waals surface area contributed by atoms with Gasteiger partial charge in [-0.15, -0.1) is 0 Å². The summed E-state index contributed by atoms with van der Waals surface area (Å²) in [6, 6.07) is -2.37. The lowest BCUT2D eigenvalue weighted by atomic mass is 10.0. The van der Waals surface area contributed by atoms with Crippen molar-refractivity contribution in [1.29, 1.82) is 0 Å². The maximum Gasteiger partial charge on any atom is 0.326 e. The molecule has 0 aromatic heterocycles. The lowest BCUT2D eigenvalue weighted by Crippen LogP contribution is -2.54. The largest absolute Gasteiger partial charge is 0.480 e. The summed E-state index contributed by atoms with van der Waals surface area (Å²) in [6.45, 7) is 4.40. The molecule has 0 aromatic carbocycles. The summed E-state index contributed by atoms with van der Waals surface area (Å²) < 4.78 is 0. The van der Waals surface area contributed by atoms with Gasteiger partial charge in [-0.25, -0.2) is 4.79 Å². The van der Waals surface area contributed by atoms with E-state index in [9.17, 15) is 24.6 Å². The Hall–Kier alpha value is -1.67. The summed E-state index contributed by atoms with van der Waals surface area (Å²) in [5.41, 5.74) is 5.96. The molecule has 0 radical (unpaired) electrons. The number of aliphatic hydroxyl groups excluding tert-OH is 1. The lowest BCUT2D eigenvalue weighted by molar-refractivity contribution is -0.152. The van der Waals surface area contributed by atoms with E-state index in [0.29, 0.717) is 25.8 Å². The summed E-state index contributed by atoms with van der Waals surface area (Å²) >= 11 is 0. The van der Waals surface area contributed by atoms with E-state index in [-0.39, 0.29) is 24.8 Å². The van der Waals surface area contributed by atoms with Crippen molar-refractivity contribution < 1.29 is 24.6 Å². The molecule has 0 saturated carbocycles. The van der Waals surface area contributed by atoms with E-state index < -0.39 is 36.1 Å². The van der Waals surface area contributed by atoms with E-state index in [1.54, 1.807) is 0 Å². The van der Waals surface area contributed by atoms with Gasteiger partial charge in [0.15, 0.2) is 0 Å². The van der Waals surface area contributed by atoms with E-state index in [1.807, 2.05) is 13.8 Å². The molecule has 8 nitrogen and oxygen atoms in total. The fraction of sp³-hybridized carbons (Fsp3) is 0.812. The maximum atomic E-state index is 12.8. The van der Waals surface area contributed by atoms with Crippen molar-refractivity contribution in [2.24, 2.45) is 11.7 Å². The van der Waals surface area contributed by atoms with Crippen LogP contribution in [0.15, 0.2) is 0 Å². The summed E-state index contributed by atoms with van der Waals surface area (Å²) in [5, 5.41) is 19.0. The van der Waals surface area contributed by atoms with Crippen LogP contribution < -0.4 is 5.73 Å². The number of carboxylic acids is 1. The fourth-order valence-electron chi connectivity index (χ4n) is 3.59. The number of hydrogen-bond acceptors (Lipinski definition) is 5. The van der Waals surface area contributed by atoms with E-state index in [2.05, 4.69) is 0 Å². The first-order chi connectivity index (χ1) is 11.2. The van der Waals surface area contributed by atoms with Gasteiger partial charge in [-0.05, 0) is 25.2 Å². The number of aliphatic carboxylic acids is 1. The van der Waals surface area contributed by atoms with Crippen LogP contribution in [0.25, 0.3) is 0 Å². The topological polar surface area (TPSA) is 124 Å². The predicted octanol–water partition coefficient (Wildman–Crippen LogP) is -0.603. The smallest absolute Gasteiger partial charge is 0.326 e. The zero-order chi connectivity index (χ0) is 18.0. The first kappa shape index (κ1) is 18.7. The quantitative estimate of drug-likeness (QED) is 0.613. The van der Waals surface area contributed by atoms with Crippen LogP contribution in [0.2, 0.25) is 0 Å². The Labute approximate surface area is 141 Å². The Kier molecular flexibility index (Phi) is 5.82. The molecule has 0 unspecified atom stereocenters. The Morgan fingerprint density at radius 2 is 1.88 bits per heavy atom. The Morgan fingerprint density at radius 1 is 1.21 bits per heavy atom. The Morgan fingerprint density at radius 3 is 2.46 bits per heavy atom. The molecule has 8 heteroatoms. The molecule has 4 atom stereocenters. The third-order valence-electron chi connectivity index (χ3n) is 4.71. The van der Waals surface area contributed by atoms with Gasteiger partial charge in [0.1, 0.15) is 12.1 Å². The van der Waals surface area contributed by atoms with Crippen molar-refractivity contribution in [2.45, 2.75) is 63.8 Å². The minimum Gasteiger partial charge on any atom is -0.480 e. The van der Waals surface area contributed by atoms with Crippen molar-refractivity contribution in [3.8, 4) is 0 Å². The van der Waals surface area contributed by atoms with Crippen molar-refractivity contribution in [2.75, 3.05) is 13.1 Å². The molecule has 4 N–H and O–H groups in total. The fourth-order valence-corrected chi connectivity index (χ4v) is 3.59. The minimum absolute atomic E-state index is 0.00756. The number of nitrogens with two attached hydrogens (primary N) is 1. The maximum absolute atomic E-state index is 12.8. The zero-order valence-electron chi connectivity index (χ0n) is 14.2. The van der Waals surface area contributed by atoms with Crippen molar-refractivity contribution in [1.82, 2.24) is 9.80 Å². The minimum atomic E-state index is -1.13. The second-order valence-corrected chi connectivity index (χ2v) is 7.16. The molecule has 2 fully saturated rings. The number of carbonyl (C=O) groups is 3. The summed E-state index contributed by atoms with van der Waals surface area (Å²) in [7, 11) is 0. The zero-order valence-corrected chi connectivity index (χ0v) is 14.2. The number of aliphatic hydroxyl groups is 1. The van der Waals surface area contributed by atoms with Crippen LogP contribution in [-0.2, 0) is 14.4 Å². The molecule has 0 bridgehead atoms. The number of rotatable bonds is 5. The SMILES string of the molecule is CC(C)C[C@H](N)C(=O)N1CCC[C@H]1C(=O)N1C[C@H](O)C[C@H]1C(=O)O. The number of nitrogens with zero attached hydrogens (tertiary/aromatic N) is 2.